The first-order valence-electron chi connectivity index (χ1n) is 7.32. The van der Waals surface area contributed by atoms with Gasteiger partial charge in [0, 0.05) is 26.2 Å². The van der Waals surface area contributed by atoms with Crippen LogP contribution in [0.3, 0.4) is 0 Å². The number of likely N-dealkylation sites (N-methyl/N-ethyl adjacent to an activating group) is 1. The highest BCUT2D eigenvalue weighted by Gasteiger charge is 2.34. The molecule has 116 valence electrons. The van der Waals surface area contributed by atoms with Gasteiger partial charge in [-0.1, -0.05) is 12.1 Å². The largest absolute Gasteiger partial charge is 0.358 e. The topological polar surface area (TPSA) is 89.1 Å². The molecule has 1 saturated heterocycles. The number of rotatable bonds is 4. The van der Waals surface area contributed by atoms with Gasteiger partial charge in [-0.3, -0.25) is 9.69 Å². The van der Waals surface area contributed by atoms with Gasteiger partial charge in [-0.25, -0.2) is 9.67 Å². The van der Waals surface area contributed by atoms with Crippen molar-refractivity contribution < 1.29 is 4.79 Å². The van der Waals surface area contributed by atoms with Crippen LogP contribution in [-0.2, 0) is 11.3 Å². The van der Waals surface area contributed by atoms with Gasteiger partial charge in [0.15, 0.2) is 0 Å². The average Bonchev–Trinajstić information content (AvgIpc) is 3.17. The Balaban J connectivity index is 1.71. The van der Waals surface area contributed by atoms with Crippen molar-refractivity contribution in [3.8, 4) is 5.69 Å². The van der Waals surface area contributed by atoms with Gasteiger partial charge in [0.2, 0.25) is 5.91 Å². The first kappa shape index (κ1) is 14.7. The molecule has 0 radical (unpaired) electrons. The molecule has 2 heterocycles. The number of carbonyl (C=O) groups excluding carboxylic acids is 1. The second kappa shape index (κ2) is 6.25. The maximum Gasteiger partial charge on any atom is 0.237 e. The van der Waals surface area contributed by atoms with Crippen molar-refractivity contribution in [3.63, 3.8) is 0 Å². The number of nitrogens with two attached hydrogens (primary N) is 1. The van der Waals surface area contributed by atoms with Crippen molar-refractivity contribution in [2.45, 2.75) is 25.0 Å². The highest BCUT2D eigenvalue weighted by atomic mass is 16.2. The molecule has 0 spiro atoms. The number of aromatic nitrogens is 3. The number of nitrogens with one attached hydrogen (secondary N) is 1. The van der Waals surface area contributed by atoms with Gasteiger partial charge in [-0.15, -0.1) is 0 Å². The molecule has 1 fully saturated rings. The Kier molecular flexibility index (Phi) is 4.17. The lowest BCUT2D eigenvalue weighted by molar-refractivity contribution is -0.125. The Morgan fingerprint density at radius 2 is 2.18 bits per heavy atom. The minimum atomic E-state index is -0.144. The van der Waals surface area contributed by atoms with E-state index in [1.807, 2.05) is 24.3 Å². The summed E-state index contributed by atoms with van der Waals surface area (Å²) in [5.41, 5.74) is 8.12. The van der Waals surface area contributed by atoms with Crippen molar-refractivity contribution >= 4 is 5.91 Å². The third-order valence-electron chi connectivity index (χ3n) is 3.99. The Labute approximate surface area is 129 Å². The predicted octanol–water partition coefficient (Wildman–Crippen LogP) is -0.0851. The fraction of sp³-hybridized carbons (Fsp3) is 0.400. The van der Waals surface area contributed by atoms with E-state index in [2.05, 4.69) is 20.3 Å². The molecule has 1 aromatic carbocycles. The number of likely N-dealkylation sites (tertiary alicyclic amines) is 1. The van der Waals surface area contributed by atoms with Gasteiger partial charge in [0.1, 0.15) is 12.7 Å². The molecule has 3 N–H and O–H groups in total. The van der Waals surface area contributed by atoms with Crippen LogP contribution in [0.15, 0.2) is 36.9 Å². The van der Waals surface area contributed by atoms with E-state index in [-0.39, 0.29) is 18.0 Å². The third kappa shape index (κ3) is 3.00. The maximum absolute atomic E-state index is 11.9. The van der Waals surface area contributed by atoms with Crippen molar-refractivity contribution in [1.82, 2.24) is 25.0 Å². The molecule has 0 aliphatic carbocycles. The van der Waals surface area contributed by atoms with Gasteiger partial charge in [-0.05, 0) is 24.1 Å². The van der Waals surface area contributed by atoms with Crippen LogP contribution >= 0.6 is 0 Å². The van der Waals surface area contributed by atoms with Gasteiger partial charge >= 0.3 is 0 Å². The summed E-state index contributed by atoms with van der Waals surface area (Å²) in [4.78, 5) is 18.0. The van der Waals surface area contributed by atoms with E-state index in [0.717, 1.165) is 17.8 Å². The van der Waals surface area contributed by atoms with Crippen LogP contribution in [0.5, 0.6) is 0 Å². The summed E-state index contributed by atoms with van der Waals surface area (Å²) in [7, 11) is 1.66. The van der Waals surface area contributed by atoms with Crippen molar-refractivity contribution in [3.05, 3.63) is 42.5 Å². The summed E-state index contributed by atoms with van der Waals surface area (Å²) in [6.07, 6.45) is 3.88. The lowest BCUT2D eigenvalue weighted by Gasteiger charge is -2.22. The normalized spacial score (nSPS) is 21.9. The number of hydrogen-bond donors (Lipinski definition) is 2. The van der Waals surface area contributed by atoms with E-state index in [1.54, 1.807) is 18.1 Å². The van der Waals surface area contributed by atoms with Crippen LogP contribution < -0.4 is 11.1 Å². The molecule has 0 unspecified atom stereocenters. The van der Waals surface area contributed by atoms with Crippen molar-refractivity contribution in [1.29, 1.82) is 0 Å². The molecule has 22 heavy (non-hydrogen) atoms. The standard InChI is InChI=1S/C15H20N6O/c1-17-15(22)14-6-12(16)8-20(14)7-11-2-4-13(5-3-11)21-10-18-9-19-21/h2-5,9-10,12,14H,6-8,16H2,1H3,(H,17,22)/t12-,14-/m0/s1. The third-order valence-corrected chi connectivity index (χ3v) is 3.99. The fourth-order valence-electron chi connectivity index (χ4n) is 2.88. The second-order valence-corrected chi connectivity index (χ2v) is 5.56. The van der Waals surface area contributed by atoms with Crippen LogP contribution in [0.1, 0.15) is 12.0 Å². The van der Waals surface area contributed by atoms with Crippen LogP contribution in [0.25, 0.3) is 5.69 Å². The molecule has 1 aromatic heterocycles. The number of benzene rings is 1. The van der Waals surface area contributed by atoms with Crippen LogP contribution in [0.2, 0.25) is 0 Å². The number of nitrogens with zero attached hydrogens (tertiary/aromatic N) is 4. The summed E-state index contributed by atoms with van der Waals surface area (Å²) in [5, 5.41) is 6.82. The first-order chi connectivity index (χ1) is 10.7. The smallest absolute Gasteiger partial charge is 0.237 e. The quantitative estimate of drug-likeness (QED) is 0.824. The van der Waals surface area contributed by atoms with E-state index in [0.29, 0.717) is 13.0 Å². The zero-order chi connectivity index (χ0) is 15.5. The molecular weight excluding hydrogens is 280 g/mol. The van der Waals surface area contributed by atoms with E-state index in [4.69, 9.17) is 5.73 Å². The van der Waals surface area contributed by atoms with Crippen molar-refractivity contribution in [2.24, 2.45) is 5.73 Å². The van der Waals surface area contributed by atoms with Gasteiger partial charge in [0.05, 0.1) is 11.7 Å². The van der Waals surface area contributed by atoms with Crippen LogP contribution in [0.4, 0.5) is 0 Å². The SMILES string of the molecule is CNC(=O)[C@@H]1C[C@H](N)CN1Cc1ccc(-n2cncn2)cc1. The lowest BCUT2D eigenvalue weighted by atomic mass is 10.1. The Hall–Kier alpha value is -2.25. The zero-order valence-corrected chi connectivity index (χ0v) is 12.5. The fourth-order valence-corrected chi connectivity index (χ4v) is 2.88. The molecule has 1 amide bonds. The highest BCUT2D eigenvalue weighted by molar-refractivity contribution is 5.81. The molecule has 3 rings (SSSR count). The molecular formula is C15H20N6O. The van der Waals surface area contributed by atoms with Crippen LogP contribution in [-0.4, -0.2) is 51.2 Å². The summed E-state index contributed by atoms with van der Waals surface area (Å²) in [5.74, 6) is 0.0344. The van der Waals surface area contributed by atoms with E-state index >= 15 is 0 Å². The molecule has 2 aromatic rings. The summed E-state index contributed by atoms with van der Waals surface area (Å²) < 4.78 is 1.71. The zero-order valence-electron chi connectivity index (χ0n) is 12.5. The monoisotopic (exact) mass is 300 g/mol. The Morgan fingerprint density at radius 1 is 1.41 bits per heavy atom. The van der Waals surface area contributed by atoms with Gasteiger partial charge in [0.25, 0.3) is 0 Å². The molecule has 2 atom stereocenters. The first-order valence-corrected chi connectivity index (χ1v) is 7.32. The van der Waals surface area contributed by atoms with Gasteiger partial charge < -0.3 is 11.1 Å². The summed E-state index contributed by atoms with van der Waals surface area (Å²) >= 11 is 0. The summed E-state index contributed by atoms with van der Waals surface area (Å²) in [6, 6.07) is 7.99. The minimum Gasteiger partial charge on any atom is -0.358 e. The molecule has 1 aliphatic heterocycles. The Bertz CT molecular complexity index is 624. The highest BCUT2D eigenvalue weighted by Crippen LogP contribution is 2.20. The van der Waals surface area contributed by atoms with E-state index in [1.165, 1.54) is 6.33 Å². The molecule has 7 nitrogen and oxygen atoms in total. The lowest BCUT2D eigenvalue weighted by Crippen LogP contribution is -2.41. The maximum atomic E-state index is 11.9. The molecule has 1 aliphatic rings. The Morgan fingerprint density at radius 3 is 2.82 bits per heavy atom. The second-order valence-electron chi connectivity index (χ2n) is 5.56. The van der Waals surface area contributed by atoms with Crippen molar-refractivity contribution in [2.75, 3.05) is 13.6 Å². The predicted molar refractivity (Wildman–Crippen MR) is 82.2 cm³/mol. The summed E-state index contributed by atoms with van der Waals surface area (Å²) in [6.45, 7) is 1.45. The number of carbonyl (C=O) groups is 1. The minimum absolute atomic E-state index is 0.0344. The van der Waals surface area contributed by atoms with E-state index < -0.39 is 0 Å². The number of amides is 1. The molecule has 7 heteroatoms. The number of hydrogen-bond acceptors (Lipinski definition) is 5. The van der Waals surface area contributed by atoms with E-state index in [9.17, 15) is 4.79 Å². The molecule has 0 saturated carbocycles. The van der Waals surface area contributed by atoms with Gasteiger partial charge in [-0.2, -0.15) is 5.10 Å². The molecule has 0 bridgehead atoms. The van der Waals surface area contributed by atoms with Crippen LogP contribution in [0, 0.1) is 0 Å². The average molecular weight is 300 g/mol.